The van der Waals surface area contributed by atoms with Gasteiger partial charge in [-0.25, -0.2) is 4.98 Å². The molecular weight excluding hydrogens is 381 g/mol. The second kappa shape index (κ2) is 7.43. The van der Waals surface area contributed by atoms with Crippen LogP contribution in [0.3, 0.4) is 0 Å². The maximum atomic E-state index is 13.1. The maximum Gasteiger partial charge on any atom is 0.198 e. The number of anilines is 1. The summed E-state index contributed by atoms with van der Waals surface area (Å²) in [4.78, 5) is 20.6. The van der Waals surface area contributed by atoms with Crippen LogP contribution in [0.5, 0.6) is 0 Å². The molecule has 0 aliphatic rings. The quantitative estimate of drug-likeness (QED) is 0.425. The number of nitrogens with one attached hydrogen (secondary N) is 2. The lowest BCUT2D eigenvalue weighted by molar-refractivity contribution is 0.104. The first-order valence-corrected chi connectivity index (χ1v) is 9.12. The van der Waals surface area contributed by atoms with E-state index in [-0.39, 0.29) is 5.78 Å². The zero-order chi connectivity index (χ0) is 18.8. The number of ketones is 1. The molecule has 0 aliphatic heterocycles. The third-order valence-electron chi connectivity index (χ3n) is 4.31. The van der Waals surface area contributed by atoms with Crippen LogP contribution in [0.2, 0.25) is 10.0 Å². The number of aromatic nitrogens is 2. The third-order valence-corrected chi connectivity index (χ3v) is 4.80. The number of halogens is 2. The first kappa shape index (κ1) is 17.6. The van der Waals surface area contributed by atoms with Crippen molar-refractivity contribution in [3.8, 4) is 0 Å². The number of carbonyl (C=O) groups excluding carboxylic acids is 1. The first-order chi connectivity index (χ1) is 13.1. The van der Waals surface area contributed by atoms with Crippen molar-refractivity contribution in [2.45, 2.75) is 6.54 Å². The van der Waals surface area contributed by atoms with E-state index in [9.17, 15) is 4.79 Å². The normalized spacial score (nSPS) is 10.9. The molecule has 4 rings (SSSR count). The van der Waals surface area contributed by atoms with Gasteiger partial charge in [-0.3, -0.25) is 4.79 Å². The molecule has 2 aromatic carbocycles. The Morgan fingerprint density at radius 3 is 2.59 bits per heavy atom. The second-order valence-corrected chi connectivity index (χ2v) is 6.97. The van der Waals surface area contributed by atoms with Crippen LogP contribution in [0.1, 0.15) is 21.5 Å². The van der Waals surface area contributed by atoms with Crippen LogP contribution in [-0.4, -0.2) is 15.8 Å². The molecule has 0 aliphatic carbocycles. The summed E-state index contributed by atoms with van der Waals surface area (Å²) in [5.74, 6) is 0.441. The molecule has 0 fully saturated rings. The number of pyridine rings is 1. The Morgan fingerprint density at radius 1 is 1.00 bits per heavy atom. The lowest BCUT2D eigenvalue weighted by Gasteiger charge is -2.10. The number of nitrogens with zero attached hydrogens (tertiary/aromatic N) is 1. The maximum absolute atomic E-state index is 13.1. The van der Waals surface area contributed by atoms with Gasteiger partial charge in [0.1, 0.15) is 5.82 Å². The lowest BCUT2D eigenvalue weighted by atomic mass is 10.0. The fraction of sp³-hybridized carbons (Fsp3) is 0.0476. The van der Waals surface area contributed by atoms with Crippen molar-refractivity contribution < 1.29 is 4.79 Å². The predicted octanol–water partition coefficient (Wildman–Crippen LogP) is 5.71. The van der Waals surface area contributed by atoms with Crippen LogP contribution >= 0.6 is 23.2 Å². The number of hydrogen-bond acceptors (Lipinski definition) is 3. The van der Waals surface area contributed by atoms with E-state index >= 15 is 0 Å². The summed E-state index contributed by atoms with van der Waals surface area (Å²) in [6, 6.07) is 16.5. The van der Waals surface area contributed by atoms with Crippen molar-refractivity contribution in [1.82, 2.24) is 9.97 Å². The predicted molar refractivity (Wildman–Crippen MR) is 110 cm³/mol. The number of hydrogen-bond donors (Lipinski definition) is 2. The minimum absolute atomic E-state index is 0.102. The summed E-state index contributed by atoms with van der Waals surface area (Å²) >= 11 is 11.9. The molecule has 27 heavy (non-hydrogen) atoms. The summed E-state index contributed by atoms with van der Waals surface area (Å²) in [6.45, 7) is 0.540. The largest absolute Gasteiger partial charge is 0.365 e. The second-order valence-electron chi connectivity index (χ2n) is 6.10. The zero-order valence-electron chi connectivity index (χ0n) is 14.2. The van der Waals surface area contributed by atoms with E-state index in [1.165, 1.54) is 0 Å². The summed E-state index contributed by atoms with van der Waals surface area (Å²) in [5, 5.41) is 5.38. The van der Waals surface area contributed by atoms with Gasteiger partial charge in [-0.05, 0) is 42.0 Å². The summed E-state index contributed by atoms with van der Waals surface area (Å²) in [7, 11) is 0. The molecule has 134 valence electrons. The number of rotatable bonds is 5. The van der Waals surface area contributed by atoms with Crippen molar-refractivity contribution in [1.29, 1.82) is 0 Å². The highest BCUT2D eigenvalue weighted by Crippen LogP contribution is 2.26. The summed E-state index contributed by atoms with van der Waals surface area (Å²) < 4.78 is 0. The van der Waals surface area contributed by atoms with Crippen LogP contribution in [0.15, 0.2) is 67.0 Å². The minimum atomic E-state index is -0.102. The molecule has 2 heterocycles. The highest BCUT2D eigenvalue weighted by Gasteiger charge is 2.18. The van der Waals surface area contributed by atoms with Gasteiger partial charge in [0, 0.05) is 45.5 Å². The van der Waals surface area contributed by atoms with E-state index in [2.05, 4.69) is 15.3 Å². The fourth-order valence-electron chi connectivity index (χ4n) is 2.95. The Labute approximate surface area is 166 Å². The van der Waals surface area contributed by atoms with Crippen molar-refractivity contribution in [3.05, 3.63) is 93.7 Å². The highest BCUT2D eigenvalue weighted by molar-refractivity contribution is 6.31. The number of benzene rings is 2. The molecule has 0 unspecified atom stereocenters. The standard InChI is InChI=1S/C21H15Cl2N3O/c22-14-5-3-13(4-6-14)11-26-21-17(2-1-9-24-21)20(27)18-12-25-19-10-15(23)7-8-16(18)19/h1-10,12,25H,11H2,(H,24,26). The molecule has 2 N–H and O–H groups in total. The fourth-order valence-corrected chi connectivity index (χ4v) is 3.25. The Balaban J connectivity index is 1.63. The molecule has 0 bridgehead atoms. The first-order valence-electron chi connectivity index (χ1n) is 8.36. The number of aromatic amines is 1. The summed E-state index contributed by atoms with van der Waals surface area (Å²) in [6.07, 6.45) is 3.37. The topological polar surface area (TPSA) is 57.8 Å². The molecule has 0 amide bonds. The molecule has 2 aromatic heterocycles. The number of carbonyl (C=O) groups is 1. The third kappa shape index (κ3) is 3.68. The van der Waals surface area contributed by atoms with Gasteiger partial charge in [0.2, 0.25) is 0 Å². The average molecular weight is 396 g/mol. The SMILES string of the molecule is O=C(c1cccnc1NCc1ccc(Cl)cc1)c1c[nH]c2cc(Cl)ccc12. The Morgan fingerprint density at radius 2 is 1.78 bits per heavy atom. The van der Waals surface area contributed by atoms with Crippen molar-refractivity contribution in [2.75, 3.05) is 5.32 Å². The molecule has 4 nitrogen and oxygen atoms in total. The van der Waals surface area contributed by atoms with Crippen LogP contribution in [0, 0.1) is 0 Å². The highest BCUT2D eigenvalue weighted by atomic mass is 35.5. The average Bonchev–Trinajstić information content (AvgIpc) is 3.10. The van der Waals surface area contributed by atoms with E-state index in [1.807, 2.05) is 30.3 Å². The number of H-pyrrole nitrogens is 1. The van der Waals surface area contributed by atoms with E-state index in [4.69, 9.17) is 23.2 Å². The zero-order valence-corrected chi connectivity index (χ0v) is 15.7. The van der Waals surface area contributed by atoms with Gasteiger partial charge in [-0.2, -0.15) is 0 Å². The van der Waals surface area contributed by atoms with Crippen LogP contribution in [-0.2, 0) is 6.54 Å². The summed E-state index contributed by atoms with van der Waals surface area (Å²) in [5.41, 5.74) is 2.97. The van der Waals surface area contributed by atoms with Crippen LogP contribution < -0.4 is 5.32 Å². The molecule has 0 saturated carbocycles. The van der Waals surface area contributed by atoms with Gasteiger partial charge < -0.3 is 10.3 Å². The van der Waals surface area contributed by atoms with Gasteiger partial charge >= 0.3 is 0 Å². The smallest absolute Gasteiger partial charge is 0.198 e. The van der Waals surface area contributed by atoms with E-state index in [0.717, 1.165) is 16.5 Å². The molecule has 6 heteroatoms. The molecule has 0 spiro atoms. The van der Waals surface area contributed by atoms with Gasteiger partial charge in [-0.15, -0.1) is 0 Å². The Kier molecular flexibility index (Phi) is 4.84. The molecule has 0 atom stereocenters. The van der Waals surface area contributed by atoms with Gasteiger partial charge in [-0.1, -0.05) is 41.4 Å². The lowest BCUT2D eigenvalue weighted by Crippen LogP contribution is -2.09. The van der Waals surface area contributed by atoms with Crippen molar-refractivity contribution >= 4 is 45.7 Å². The van der Waals surface area contributed by atoms with E-state index in [1.54, 1.807) is 36.7 Å². The van der Waals surface area contributed by atoms with Crippen molar-refractivity contribution in [2.24, 2.45) is 0 Å². The van der Waals surface area contributed by atoms with Crippen LogP contribution in [0.4, 0.5) is 5.82 Å². The minimum Gasteiger partial charge on any atom is -0.365 e. The monoisotopic (exact) mass is 395 g/mol. The van der Waals surface area contributed by atoms with E-state index in [0.29, 0.717) is 33.5 Å². The van der Waals surface area contributed by atoms with Crippen molar-refractivity contribution in [3.63, 3.8) is 0 Å². The van der Waals surface area contributed by atoms with Gasteiger partial charge in [0.25, 0.3) is 0 Å². The Hall–Kier alpha value is -2.82. The number of fused-ring (bicyclic) bond motifs is 1. The van der Waals surface area contributed by atoms with Gasteiger partial charge in [0.15, 0.2) is 5.78 Å². The molecule has 4 aromatic rings. The molecular formula is C21H15Cl2N3O. The van der Waals surface area contributed by atoms with E-state index < -0.39 is 0 Å². The van der Waals surface area contributed by atoms with Gasteiger partial charge in [0.05, 0.1) is 5.56 Å². The molecule has 0 saturated heterocycles. The van der Waals surface area contributed by atoms with Crippen LogP contribution in [0.25, 0.3) is 10.9 Å². The Bertz CT molecular complexity index is 1120. The molecule has 0 radical (unpaired) electrons.